The fourth-order valence-electron chi connectivity index (χ4n) is 13.3. The zero-order chi connectivity index (χ0) is 77.2. The summed E-state index contributed by atoms with van der Waals surface area (Å²) >= 11 is 0. The first kappa shape index (κ1) is 103. The second-order valence-electron chi connectivity index (χ2n) is 32.1. The molecule has 105 heavy (non-hydrogen) atoms. The number of aliphatic hydroxyl groups excluding tert-OH is 1. The van der Waals surface area contributed by atoms with Gasteiger partial charge in [-0.2, -0.15) is 0 Å². The summed E-state index contributed by atoms with van der Waals surface area (Å²) in [5, 5.41) is 10.7. The predicted octanol–water partition coefficient (Wildman–Crippen LogP) is 26.1. The van der Waals surface area contributed by atoms with Gasteiger partial charge in [0.15, 0.2) is 12.2 Å². The topological polar surface area (TPSA) is 237 Å². The van der Waals surface area contributed by atoms with E-state index in [1.165, 1.54) is 263 Å². The highest BCUT2D eigenvalue weighted by Crippen LogP contribution is 2.45. The first-order valence-electron chi connectivity index (χ1n) is 44.4. The van der Waals surface area contributed by atoms with E-state index in [0.717, 1.165) is 108 Å². The van der Waals surface area contributed by atoms with Crippen molar-refractivity contribution in [1.29, 1.82) is 0 Å². The van der Waals surface area contributed by atoms with Crippen LogP contribution in [0.15, 0.2) is 0 Å². The minimum absolute atomic E-state index is 0.107. The van der Waals surface area contributed by atoms with Gasteiger partial charge in [0.25, 0.3) is 0 Å². The van der Waals surface area contributed by atoms with Crippen molar-refractivity contribution in [1.82, 2.24) is 0 Å². The number of hydrogen-bond donors (Lipinski definition) is 3. The Hall–Kier alpha value is -1.94. The lowest BCUT2D eigenvalue weighted by Gasteiger charge is -2.21. The Morgan fingerprint density at radius 1 is 0.276 bits per heavy atom. The van der Waals surface area contributed by atoms with Crippen molar-refractivity contribution >= 4 is 39.5 Å². The van der Waals surface area contributed by atoms with E-state index in [1.54, 1.807) is 0 Å². The summed E-state index contributed by atoms with van der Waals surface area (Å²) in [4.78, 5) is 73.3. The number of carbonyl (C=O) groups excluding carboxylic acids is 4. The lowest BCUT2D eigenvalue weighted by Crippen LogP contribution is -2.30. The van der Waals surface area contributed by atoms with Crippen LogP contribution in [0.5, 0.6) is 0 Å². The molecule has 0 amide bonds. The SMILES string of the molecule is CCCCCCCCCCCCCCCCCCCCCCC(=O)O[C@H](COC(=O)CCCCCCCCCCCCCCCCCC(C)C)COP(=O)(O)OC[C@@H](O)COP(=O)(O)OC[C@@H](COC(=O)CCCCCCCCCCC(C)CC)OC(=O)CCCCCCCCCCCCCCC(C)C. The molecule has 0 heterocycles. The van der Waals surface area contributed by atoms with Crippen molar-refractivity contribution in [2.24, 2.45) is 17.8 Å². The second-order valence-corrected chi connectivity index (χ2v) is 35.0. The van der Waals surface area contributed by atoms with Crippen LogP contribution in [0.25, 0.3) is 0 Å². The predicted molar refractivity (Wildman–Crippen MR) is 432 cm³/mol. The Balaban J connectivity index is 5.26. The maximum absolute atomic E-state index is 13.2. The highest BCUT2D eigenvalue weighted by Gasteiger charge is 2.30. The fourth-order valence-corrected chi connectivity index (χ4v) is 14.9. The number of carbonyl (C=O) groups is 4. The minimum atomic E-state index is -4.97. The van der Waals surface area contributed by atoms with E-state index in [-0.39, 0.29) is 25.7 Å². The number of unbranched alkanes of at least 4 members (excludes halogenated alkanes) is 51. The third-order valence-corrected chi connectivity index (χ3v) is 22.4. The van der Waals surface area contributed by atoms with E-state index in [9.17, 15) is 43.2 Å². The number of phosphoric ester groups is 2. The van der Waals surface area contributed by atoms with E-state index in [2.05, 4.69) is 48.5 Å². The van der Waals surface area contributed by atoms with Crippen LogP contribution in [0.2, 0.25) is 0 Å². The summed E-state index contributed by atoms with van der Waals surface area (Å²) in [6.45, 7) is 12.0. The summed E-state index contributed by atoms with van der Waals surface area (Å²) < 4.78 is 68.9. The molecule has 0 aliphatic carbocycles. The number of hydrogen-bond acceptors (Lipinski definition) is 15. The summed E-state index contributed by atoms with van der Waals surface area (Å²) in [7, 11) is -9.93. The van der Waals surface area contributed by atoms with E-state index in [4.69, 9.17) is 37.0 Å². The Morgan fingerprint density at radius 3 is 0.724 bits per heavy atom. The third kappa shape index (κ3) is 78.5. The minimum Gasteiger partial charge on any atom is -0.462 e. The van der Waals surface area contributed by atoms with Crippen molar-refractivity contribution in [3.05, 3.63) is 0 Å². The molecule has 0 aliphatic rings. The van der Waals surface area contributed by atoms with E-state index < -0.39 is 97.5 Å². The monoisotopic (exact) mass is 1540 g/mol. The van der Waals surface area contributed by atoms with Crippen LogP contribution in [0, 0.1) is 17.8 Å². The third-order valence-electron chi connectivity index (χ3n) is 20.5. The zero-order valence-corrected chi connectivity index (χ0v) is 71.0. The van der Waals surface area contributed by atoms with Gasteiger partial charge >= 0.3 is 39.5 Å². The molecule has 19 heteroatoms. The number of aliphatic hydroxyl groups is 1. The molecule has 6 atom stereocenters. The van der Waals surface area contributed by atoms with Crippen LogP contribution >= 0.6 is 15.6 Å². The molecular formula is C86H168O17P2. The van der Waals surface area contributed by atoms with E-state index in [0.29, 0.717) is 25.7 Å². The molecule has 0 saturated carbocycles. The van der Waals surface area contributed by atoms with Crippen molar-refractivity contribution in [3.8, 4) is 0 Å². The number of esters is 4. The van der Waals surface area contributed by atoms with Gasteiger partial charge in [-0.1, -0.05) is 402 Å². The van der Waals surface area contributed by atoms with Crippen LogP contribution in [-0.2, 0) is 65.4 Å². The number of ether oxygens (including phenoxy) is 4. The Kier molecular flexibility index (Phi) is 74.7. The maximum atomic E-state index is 13.2. The first-order valence-corrected chi connectivity index (χ1v) is 47.4. The average molecular weight is 1540 g/mol. The lowest BCUT2D eigenvalue weighted by molar-refractivity contribution is -0.161. The summed E-state index contributed by atoms with van der Waals surface area (Å²) in [6, 6.07) is 0. The van der Waals surface area contributed by atoms with Gasteiger partial charge in [-0.3, -0.25) is 37.3 Å². The maximum Gasteiger partial charge on any atom is 0.472 e. The van der Waals surface area contributed by atoms with Gasteiger partial charge < -0.3 is 33.8 Å². The molecule has 0 spiro atoms. The van der Waals surface area contributed by atoms with Gasteiger partial charge in [0.05, 0.1) is 26.4 Å². The zero-order valence-electron chi connectivity index (χ0n) is 69.2. The molecule has 3 N–H and O–H groups in total. The lowest BCUT2D eigenvalue weighted by atomic mass is 9.99. The van der Waals surface area contributed by atoms with Crippen LogP contribution in [0.1, 0.15) is 453 Å². The molecular weight excluding hydrogens is 1370 g/mol. The highest BCUT2D eigenvalue weighted by molar-refractivity contribution is 7.47. The fraction of sp³-hybridized carbons (Fsp3) is 0.953. The summed E-state index contributed by atoms with van der Waals surface area (Å²) in [5.41, 5.74) is 0. The van der Waals surface area contributed by atoms with E-state index in [1.807, 2.05) is 0 Å². The van der Waals surface area contributed by atoms with Crippen LogP contribution in [0.3, 0.4) is 0 Å². The molecule has 0 radical (unpaired) electrons. The van der Waals surface area contributed by atoms with Crippen molar-refractivity contribution < 1.29 is 80.2 Å². The standard InChI is InChI=1S/C86H168O17P2/c1-8-10-11-12-13-14-15-16-17-18-19-20-21-24-28-34-39-48-55-62-69-85(90)102-81(73-96-83(88)67-60-53-46-38-33-27-25-22-23-26-31-36-43-50-57-64-77(3)4)75-100-104(92,93)98-71-80(87)72-99-105(94,95)101-76-82(74-97-84(89)68-61-54-47-42-41-45-52-59-66-79(7)9-2)103-86(91)70-63-56-49-40-35-30-29-32-37-44-51-58-65-78(5)6/h77-82,87H,8-76H2,1-7H3,(H,92,93)(H,94,95)/t79?,80-,81-,82-/m1/s1. The molecule has 0 bridgehead atoms. The second kappa shape index (κ2) is 76.1. The molecule has 0 aromatic carbocycles. The Morgan fingerprint density at radius 2 is 0.486 bits per heavy atom. The molecule has 0 saturated heterocycles. The first-order chi connectivity index (χ1) is 50.8. The van der Waals surface area contributed by atoms with Gasteiger partial charge in [0.2, 0.25) is 0 Å². The number of phosphoric acid groups is 2. The van der Waals surface area contributed by atoms with Gasteiger partial charge in [0.1, 0.15) is 19.3 Å². The van der Waals surface area contributed by atoms with Crippen LogP contribution in [0.4, 0.5) is 0 Å². The van der Waals surface area contributed by atoms with Crippen LogP contribution in [-0.4, -0.2) is 96.7 Å². The molecule has 17 nitrogen and oxygen atoms in total. The van der Waals surface area contributed by atoms with Crippen molar-refractivity contribution in [2.75, 3.05) is 39.6 Å². The largest absolute Gasteiger partial charge is 0.472 e. The smallest absolute Gasteiger partial charge is 0.462 e. The summed E-state index contributed by atoms with van der Waals surface area (Å²) in [5.74, 6) is 0.256. The van der Waals surface area contributed by atoms with Crippen LogP contribution < -0.4 is 0 Å². The molecule has 0 aliphatic heterocycles. The van der Waals surface area contributed by atoms with Crippen molar-refractivity contribution in [2.45, 2.75) is 471 Å². The molecule has 0 rings (SSSR count). The quantitative estimate of drug-likeness (QED) is 0.0222. The normalized spacial score (nSPS) is 14.1. The molecule has 0 fully saturated rings. The Bertz CT molecular complexity index is 2030. The van der Waals surface area contributed by atoms with Crippen molar-refractivity contribution in [3.63, 3.8) is 0 Å². The molecule has 0 aromatic heterocycles. The van der Waals surface area contributed by atoms with Gasteiger partial charge in [0, 0.05) is 25.7 Å². The van der Waals surface area contributed by atoms with Gasteiger partial charge in [-0.15, -0.1) is 0 Å². The average Bonchev–Trinajstić information content (AvgIpc) is 0.910. The molecule has 624 valence electrons. The molecule has 3 unspecified atom stereocenters. The van der Waals surface area contributed by atoms with E-state index >= 15 is 0 Å². The number of rotatable bonds is 84. The van der Waals surface area contributed by atoms with Gasteiger partial charge in [-0.05, 0) is 43.4 Å². The Labute approximate surface area is 645 Å². The van der Waals surface area contributed by atoms with Gasteiger partial charge in [-0.25, -0.2) is 9.13 Å². The molecule has 0 aromatic rings. The highest BCUT2D eigenvalue weighted by atomic mass is 31.2. The summed E-state index contributed by atoms with van der Waals surface area (Å²) in [6.07, 6.45) is 66.6.